The smallest absolute Gasteiger partial charge is 0.417 e. The zero-order valence-electron chi connectivity index (χ0n) is 21.8. The van der Waals surface area contributed by atoms with Crippen LogP contribution in [0.25, 0.3) is 5.57 Å². The first-order valence-corrected chi connectivity index (χ1v) is 12.4. The standard InChI is InChI=1S/C28H33F3N2O4/c1-18(2)36-24-22(14-21(16-32-24)28(29,30)31)20-15-27(35-17-20)12-9-13-33(25(34)37-26(3,4)5)23(27)19-10-7-6-8-11-19/h6-8,10-11,14-16,18,23H,9,12-13,17H2,1-5H3/t23-,27+/m0/s1. The third-order valence-corrected chi connectivity index (χ3v) is 6.27. The molecule has 2 aliphatic rings. The van der Waals surface area contributed by atoms with Crippen molar-refractivity contribution in [2.75, 3.05) is 13.2 Å². The predicted octanol–water partition coefficient (Wildman–Crippen LogP) is 6.81. The maximum Gasteiger partial charge on any atom is 0.417 e. The van der Waals surface area contributed by atoms with Crippen molar-refractivity contribution >= 4 is 11.7 Å². The van der Waals surface area contributed by atoms with Crippen LogP contribution < -0.4 is 4.74 Å². The molecular weight excluding hydrogens is 485 g/mol. The van der Waals surface area contributed by atoms with Gasteiger partial charge in [-0.2, -0.15) is 13.2 Å². The number of carbonyl (C=O) groups excluding carboxylic acids is 1. The Kier molecular flexibility index (Phi) is 7.29. The fourth-order valence-corrected chi connectivity index (χ4v) is 4.87. The topological polar surface area (TPSA) is 60.9 Å². The summed E-state index contributed by atoms with van der Waals surface area (Å²) in [5.74, 6) is 0.117. The lowest BCUT2D eigenvalue weighted by molar-refractivity contribution is -0.137. The number of ether oxygens (including phenoxy) is 3. The number of amides is 1. The van der Waals surface area contributed by atoms with Gasteiger partial charge in [-0.05, 0) is 70.7 Å². The zero-order valence-corrected chi connectivity index (χ0v) is 21.8. The minimum Gasteiger partial charge on any atom is -0.475 e. The molecule has 200 valence electrons. The number of nitrogens with zero attached hydrogens (tertiary/aromatic N) is 2. The number of piperidine rings is 1. The summed E-state index contributed by atoms with van der Waals surface area (Å²) in [5, 5.41) is 0. The highest BCUT2D eigenvalue weighted by molar-refractivity contribution is 5.75. The highest BCUT2D eigenvalue weighted by Crippen LogP contribution is 2.49. The Balaban J connectivity index is 1.81. The molecule has 0 unspecified atom stereocenters. The number of benzene rings is 1. The first kappa shape index (κ1) is 27.0. The van der Waals surface area contributed by atoms with Crippen LogP contribution in [0.5, 0.6) is 5.88 Å². The molecule has 0 aliphatic carbocycles. The van der Waals surface area contributed by atoms with E-state index >= 15 is 0 Å². The van der Waals surface area contributed by atoms with E-state index in [0.29, 0.717) is 25.0 Å². The second-order valence-corrected chi connectivity index (χ2v) is 10.7. The van der Waals surface area contributed by atoms with Crippen molar-refractivity contribution in [1.82, 2.24) is 9.88 Å². The molecule has 2 aliphatic heterocycles. The Labute approximate surface area is 215 Å². The van der Waals surface area contributed by atoms with E-state index in [1.54, 1.807) is 18.7 Å². The van der Waals surface area contributed by atoms with Crippen LogP contribution in [-0.2, 0) is 15.7 Å². The Bertz CT molecular complexity index is 1160. The predicted molar refractivity (Wildman–Crippen MR) is 133 cm³/mol. The molecule has 3 heterocycles. The van der Waals surface area contributed by atoms with Gasteiger partial charge in [-0.1, -0.05) is 30.3 Å². The third kappa shape index (κ3) is 5.92. The van der Waals surface area contributed by atoms with Crippen molar-refractivity contribution in [3.8, 4) is 5.88 Å². The number of hydrogen-bond acceptors (Lipinski definition) is 5. The summed E-state index contributed by atoms with van der Waals surface area (Å²) in [6, 6.07) is 10.0. The molecule has 2 atom stereocenters. The highest BCUT2D eigenvalue weighted by Gasteiger charge is 2.50. The number of carbonyl (C=O) groups is 1. The summed E-state index contributed by atoms with van der Waals surface area (Å²) in [6.07, 6.45) is -1.44. The molecule has 0 radical (unpaired) electrons. The molecule has 37 heavy (non-hydrogen) atoms. The Morgan fingerprint density at radius 2 is 1.89 bits per heavy atom. The molecule has 0 saturated carbocycles. The van der Waals surface area contributed by atoms with Gasteiger partial charge in [0.25, 0.3) is 0 Å². The van der Waals surface area contributed by atoms with E-state index in [1.165, 1.54) is 0 Å². The van der Waals surface area contributed by atoms with Crippen LogP contribution in [0, 0.1) is 0 Å². The molecule has 0 bridgehead atoms. The van der Waals surface area contributed by atoms with Gasteiger partial charge in [0.1, 0.15) is 11.2 Å². The summed E-state index contributed by atoms with van der Waals surface area (Å²) < 4.78 is 58.6. The first-order chi connectivity index (χ1) is 17.3. The fourth-order valence-electron chi connectivity index (χ4n) is 4.87. The molecule has 1 amide bonds. The monoisotopic (exact) mass is 518 g/mol. The number of halogens is 3. The van der Waals surface area contributed by atoms with Gasteiger partial charge >= 0.3 is 12.3 Å². The molecule has 1 spiro atoms. The third-order valence-electron chi connectivity index (χ3n) is 6.27. The summed E-state index contributed by atoms with van der Waals surface area (Å²) in [5.41, 5.74) is -0.865. The minimum absolute atomic E-state index is 0.0585. The second kappa shape index (κ2) is 10.0. The van der Waals surface area contributed by atoms with Crippen LogP contribution in [0.15, 0.2) is 48.7 Å². The van der Waals surface area contributed by atoms with Gasteiger partial charge < -0.3 is 14.2 Å². The quantitative estimate of drug-likeness (QED) is 0.445. The molecule has 1 fully saturated rings. The summed E-state index contributed by atoms with van der Waals surface area (Å²) in [4.78, 5) is 19.0. The zero-order chi connectivity index (χ0) is 27.0. The minimum atomic E-state index is -4.55. The van der Waals surface area contributed by atoms with Gasteiger partial charge in [0.2, 0.25) is 5.88 Å². The van der Waals surface area contributed by atoms with Gasteiger partial charge in [0.05, 0.1) is 24.3 Å². The average molecular weight is 519 g/mol. The molecule has 6 nitrogen and oxygen atoms in total. The normalized spacial score (nSPS) is 22.4. The van der Waals surface area contributed by atoms with Crippen LogP contribution in [0.3, 0.4) is 0 Å². The van der Waals surface area contributed by atoms with E-state index in [0.717, 1.165) is 17.8 Å². The van der Waals surface area contributed by atoms with E-state index in [4.69, 9.17) is 14.2 Å². The van der Waals surface area contributed by atoms with E-state index in [2.05, 4.69) is 4.98 Å². The van der Waals surface area contributed by atoms with Gasteiger partial charge in [-0.25, -0.2) is 9.78 Å². The van der Waals surface area contributed by atoms with Crippen molar-refractivity contribution < 1.29 is 32.2 Å². The Morgan fingerprint density at radius 3 is 2.51 bits per heavy atom. The summed E-state index contributed by atoms with van der Waals surface area (Å²) in [7, 11) is 0. The van der Waals surface area contributed by atoms with Gasteiger partial charge in [-0.15, -0.1) is 0 Å². The maximum atomic E-state index is 13.6. The Morgan fingerprint density at radius 1 is 1.19 bits per heavy atom. The maximum absolute atomic E-state index is 13.6. The molecule has 0 N–H and O–H groups in total. The molecule has 1 saturated heterocycles. The van der Waals surface area contributed by atoms with Crippen molar-refractivity contribution in [2.45, 2.75) is 77.0 Å². The fraction of sp³-hybridized carbons (Fsp3) is 0.500. The number of alkyl halides is 3. The van der Waals surface area contributed by atoms with Crippen molar-refractivity contribution in [2.24, 2.45) is 0 Å². The van der Waals surface area contributed by atoms with Crippen LogP contribution in [0.2, 0.25) is 0 Å². The van der Waals surface area contributed by atoms with Crippen LogP contribution in [0.1, 0.15) is 70.2 Å². The van der Waals surface area contributed by atoms with E-state index in [-0.39, 0.29) is 24.2 Å². The highest BCUT2D eigenvalue weighted by atomic mass is 19.4. The number of pyridine rings is 1. The number of aromatic nitrogens is 1. The van der Waals surface area contributed by atoms with Gasteiger partial charge in [0.15, 0.2) is 0 Å². The molecule has 4 rings (SSSR count). The lowest BCUT2D eigenvalue weighted by atomic mass is 9.80. The summed E-state index contributed by atoms with van der Waals surface area (Å²) >= 11 is 0. The van der Waals surface area contributed by atoms with E-state index < -0.39 is 35.1 Å². The molecule has 1 aromatic carbocycles. The van der Waals surface area contributed by atoms with Crippen molar-refractivity contribution in [3.63, 3.8) is 0 Å². The van der Waals surface area contributed by atoms with E-state index in [1.807, 2.05) is 57.2 Å². The van der Waals surface area contributed by atoms with Crippen molar-refractivity contribution in [3.05, 3.63) is 65.4 Å². The van der Waals surface area contributed by atoms with Crippen LogP contribution >= 0.6 is 0 Å². The van der Waals surface area contributed by atoms with Crippen LogP contribution in [-0.4, -0.2) is 46.4 Å². The lowest BCUT2D eigenvalue weighted by Gasteiger charge is -2.47. The number of hydrogen-bond donors (Lipinski definition) is 0. The first-order valence-electron chi connectivity index (χ1n) is 12.4. The number of rotatable bonds is 4. The van der Waals surface area contributed by atoms with Crippen molar-refractivity contribution in [1.29, 1.82) is 0 Å². The average Bonchev–Trinajstić information content (AvgIpc) is 3.21. The number of likely N-dealkylation sites (tertiary alicyclic amines) is 1. The molecular formula is C28H33F3N2O4. The van der Waals surface area contributed by atoms with Gasteiger partial charge in [0, 0.05) is 18.3 Å². The van der Waals surface area contributed by atoms with E-state index in [9.17, 15) is 18.0 Å². The molecule has 2 aromatic rings. The van der Waals surface area contributed by atoms with Crippen LogP contribution in [0.4, 0.5) is 18.0 Å². The lowest BCUT2D eigenvalue weighted by Crippen LogP contribution is -2.53. The molecule has 9 heteroatoms. The second-order valence-electron chi connectivity index (χ2n) is 10.7. The largest absolute Gasteiger partial charge is 0.475 e. The Hall–Kier alpha value is -3.07. The summed E-state index contributed by atoms with van der Waals surface area (Å²) in [6.45, 7) is 9.53. The SMILES string of the molecule is CC(C)Oc1ncc(C(F)(F)F)cc1C1=C[C@@]2(CCCN(C(=O)OC(C)(C)C)[C@H]2c2ccccc2)OC1. The van der Waals surface area contributed by atoms with Gasteiger partial charge in [-0.3, -0.25) is 4.90 Å². The molecule has 1 aromatic heterocycles.